The lowest BCUT2D eigenvalue weighted by atomic mass is 10.0. The van der Waals surface area contributed by atoms with Gasteiger partial charge in [-0.1, -0.05) is 23.7 Å². The second-order valence-electron chi connectivity index (χ2n) is 3.81. The fraction of sp³-hybridized carbons (Fsp3) is 0.0769. The van der Waals surface area contributed by atoms with Gasteiger partial charge in [-0.2, -0.15) is 0 Å². The van der Waals surface area contributed by atoms with Crippen LogP contribution in [-0.2, 0) is 0 Å². The first-order chi connectivity index (χ1) is 8.85. The van der Waals surface area contributed by atoms with Crippen molar-refractivity contribution in [2.24, 2.45) is 0 Å². The number of hydrogen-bond acceptors (Lipinski definition) is 2. The quantitative estimate of drug-likeness (QED) is 0.826. The molecule has 0 aliphatic carbocycles. The van der Waals surface area contributed by atoms with E-state index in [1.165, 1.54) is 18.2 Å². The number of benzene rings is 2. The Balaban J connectivity index is 2.40. The molecule has 0 bridgehead atoms. The van der Waals surface area contributed by atoms with E-state index in [1.807, 2.05) is 0 Å². The first kappa shape index (κ1) is 13.5. The number of ether oxygens (including phenoxy) is 1. The third kappa shape index (κ3) is 3.54. The van der Waals surface area contributed by atoms with Gasteiger partial charge in [0.1, 0.15) is 5.75 Å². The molecule has 0 aliphatic rings. The van der Waals surface area contributed by atoms with E-state index in [0.717, 1.165) is 0 Å². The molecule has 2 aromatic rings. The largest absolute Gasteiger partial charge is 0.573 e. The summed E-state index contributed by atoms with van der Waals surface area (Å²) in [4.78, 5) is 0. The molecule has 2 aromatic carbocycles. The number of hydrogen-bond donors (Lipinski definition) is 1. The highest BCUT2D eigenvalue weighted by atomic mass is 35.5. The Hall–Kier alpha value is -1.88. The summed E-state index contributed by atoms with van der Waals surface area (Å²) in [7, 11) is 0. The normalized spacial score (nSPS) is 11.4. The minimum Gasteiger partial charge on any atom is -0.406 e. The van der Waals surface area contributed by atoms with E-state index < -0.39 is 6.36 Å². The maximum atomic E-state index is 12.2. The lowest BCUT2D eigenvalue weighted by Gasteiger charge is -2.11. The van der Waals surface area contributed by atoms with Gasteiger partial charge in [-0.05, 0) is 35.9 Å². The molecule has 0 unspecified atom stereocenters. The van der Waals surface area contributed by atoms with Crippen LogP contribution in [0.2, 0.25) is 5.02 Å². The van der Waals surface area contributed by atoms with Crippen molar-refractivity contribution in [3.05, 3.63) is 47.5 Å². The third-order valence-corrected chi connectivity index (χ3v) is 2.70. The topological polar surface area (TPSA) is 35.2 Å². The first-order valence-electron chi connectivity index (χ1n) is 5.26. The van der Waals surface area contributed by atoms with Crippen molar-refractivity contribution >= 4 is 17.3 Å². The summed E-state index contributed by atoms with van der Waals surface area (Å²) in [6.45, 7) is 0. The third-order valence-electron chi connectivity index (χ3n) is 2.37. The van der Waals surface area contributed by atoms with Gasteiger partial charge < -0.3 is 10.5 Å². The zero-order valence-corrected chi connectivity index (χ0v) is 10.3. The number of rotatable bonds is 2. The van der Waals surface area contributed by atoms with Crippen LogP contribution in [0.4, 0.5) is 18.9 Å². The molecule has 100 valence electrons. The molecule has 0 aromatic heterocycles. The highest BCUT2D eigenvalue weighted by Crippen LogP contribution is 2.33. The van der Waals surface area contributed by atoms with Crippen molar-refractivity contribution in [3.8, 4) is 16.9 Å². The van der Waals surface area contributed by atoms with Crippen LogP contribution in [0.25, 0.3) is 11.1 Å². The molecular weight excluding hydrogens is 279 g/mol. The summed E-state index contributed by atoms with van der Waals surface area (Å²) in [5.41, 5.74) is 7.16. The molecule has 0 atom stereocenters. The average Bonchev–Trinajstić information content (AvgIpc) is 2.30. The summed E-state index contributed by atoms with van der Waals surface area (Å²) >= 11 is 6.00. The van der Waals surface area contributed by atoms with Crippen LogP contribution in [0.1, 0.15) is 0 Å². The van der Waals surface area contributed by atoms with Crippen LogP contribution >= 0.6 is 11.6 Å². The Morgan fingerprint density at radius 2 is 1.79 bits per heavy atom. The SMILES string of the molecule is Nc1ccc(Cl)c(-c2cccc(OC(F)(F)F)c2)c1. The number of halogens is 4. The molecule has 0 amide bonds. The molecule has 19 heavy (non-hydrogen) atoms. The monoisotopic (exact) mass is 287 g/mol. The molecule has 2 rings (SSSR count). The van der Waals surface area contributed by atoms with Crippen LogP contribution in [-0.4, -0.2) is 6.36 Å². The van der Waals surface area contributed by atoms with Crippen molar-refractivity contribution in [3.63, 3.8) is 0 Å². The molecule has 6 heteroatoms. The molecule has 0 heterocycles. The van der Waals surface area contributed by atoms with Gasteiger partial charge >= 0.3 is 6.36 Å². The van der Waals surface area contributed by atoms with Crippen LogP contribution < -0.4 is 10.5 Å². The second kappa shape index (κ2) is 5.01. The Morgan fingerprint density at radius 3 is 2.47 bits per heavy atom. The molecule has 0 spiro atoms. The van der Waals surface area contributed by atoms with Crippen LogP contribution in [0.15, 0.2) is 42.5 Å². The molecule has 0 saturated carbocycles. The van der Waals surface area contributed by atoms with Crippen molar-refractivity contribution in [2.75, 3.05) is 5.73 Å². The van der Waals surface area contributed by atoms with E-state index in [1.54, 1.807) is 24.3 Å². The van der Waals surface area contributed by atoms with Crippen molar-refractivity contribution < 1.29 is 17.9 Å². The van der Waals surface area contributed by atoms with Crippen LogP contribution in [0.5, 0.6) is 5.75 Å². The molecule has 0 radical (unpaired) electrons. The van der Waals surface area contributed by atoms with Crippen molar-refractivity contribution in [1.82, 2.24) is 0 Å². The standard InChI is InChI=1S/C13H9ClF3NO/c14-12-5-4-9(18)7-11(12)8-2-1-3-10(6-8)19-13(15,16)17/h1-7H,18H2. The lowest BCUT2D eigenvalue weighted by molar-refractivity contribution is -0.274. The first-order valence-corrected chi connectivity index (χ1v) is 5.64. The van der Waals surface area contributed by atoms with Crippen molar-refractivity contribution in [1.29, 1.82) is 0 Å². The van der Waals surface area contributed by atoms with Gasteiger partial charge in [0, 0.05) is 16.3 Å². The highest BCUT2D eigenvalue weighted by Gasteiger charge is 2.31. The van der Waals surface area contributed by atoms with Gasteiger partial charge in [0.15, 0.2) is 0 Å². The predicted octanol–water partition coefficient (Wildman–Crippen LogP) is 4.49. The summed E-state index contributed by atoms with van der Waals surface area (Å²) in [6.07, 6.45) is -4.72. The molecule has 2 N–H and O–H groups in total. The summed E-state index contributed by atoms with van der Waals surface area (Å²) < 4.78 is 40.3. The van der Waals surface area contributed by atoms with E-state index >= 15 is 0 Å². The van der Waals surface area contributed by atoms with E-state index in [2.05, 4.69) is 4.74 Å². The maximum Gasteiger partial charge on any atom is 0.573 e. The average molecular weight is 288 g/mol. The van der Waals surface area contributed by atoms with Crippen molar-refractivity contribution in [2.45, 2.75) is 6.36 Å². The fourth-order valence-electron chi connectivity index (χ4n) is 1.62. The zero-order valence-electron chi connectivity index (χ0n) is 9.54. The van der Waals surface area contributed by atoms with Gasteiger partial charge in [0.2, 0.25) is 0 Å². The lowest BCUT2D eigenvalue weighted by Crippen LogP contribution is -2.17. The molecular formula is C13H9ClF3NO. The summed E-state index contributed by atoms with van der Waals surface area (Å²) in [6, 6.07) is 10.4. The zero-order chi connectivity index (χ0) is 14.0. The Bertz CT molecular complexity index is 599. The molecule has 0 aliphatic heterocycles. The molecule has 0 fully saturated rings. The van der Waals surface area contributed by atoms with E-state index in [9.17, 15) is 13.2 Å². The van der Waals surface area contributed by atoms with E-state index in [4.69, 9.17) is 17.3 Å². The van der Waals surface area contributed by atoms with Gasteiger partial charge in [-0.15, -0.1) is 13.2 Å². The van der Waals surface area contributed by atoms with Gasteiger partial charge in [-0.25, -0.2) is 0 Å². The predicted molar refractivity (Wildman–Crippen MR) is 68.0 cm³/mol. The van der Waals surface area contributed by atoms with E-state index in [-0.39, 0.29) is 5.75 Å². The Morgan fingerprint density at radius 1 is 1.05 bits per heavy atom. The van der Waals surface area contributed by atoms with E-state index in [0.29, 0.717) is 21.8 Å². The second-order valence-corrected chi connectivity index (χ2v) is 4.22. The minimum atomic E-state index is -4.72. The Kier molecular flexibility index (Phi) is 3.57. The summed E-state index contributed by atoms with van der Waals surface area (Å²) in [5.74, 6) is -0.302. The van der Waals surface area contributed by atoms with Crippen LogP contribution in [0.3, 0.4) is 0 Å². The maximum absolute atomic E-state index is 12.2. The number of anilines is 1. The van der Waals surface area contributed by atoms with Crippen LogP contribution in [0, 0.1) is 0 Å². The highest BCUT2D eigenvalue weighted by molar-refractivity contribution is 6.33. The smallest absolute Gasteiger partial charge is 0.406 e. The number of nitrogen functional groups attached to an aromatic ring is 1. The number of nitrogens with two attached hydrogens (primary N) is 1. The fourth-order valence-corrected chi connectivity index (χ4v) is 1.85. The minimum absolute atomic E-state index is 0.302. The number of alkyl halides is 3. The summed E-state index contributed by atoms with van der Waals surface area (Å²) in [5, 5.41) is 0.401. The van der Waals surface area contributed by atoms with Gasteiger partial charge in [0.25, 0.3) is 0 Å². The van der Waals surface area contributed by atoms with Gasteiger partial charge in [0.05, 0.1) is 0 Å². The Labute approximate surface area is 112 Å². The van der Waals surface area contributed by atoms with Gasteiger partial charge in [-0.3, -0.25) is 0 Å². The molecule has 2 nitrogen and oxygen atoms in total. The molecule has 0 saturated heterocycles.